The molecule has 12 heteroatoms. The van der Waals surface area contributed by atoms with E-state index in [1.165, 1.54) is 23.2 Å². The van der Waals surface area contributed by atoms with Gasteiger partial charge in [-0.3, -0.25) is 19.0 Å². The molecule has 0 radical (unpaired) electrons. The lowest BCUT2D eigenvalue weighted by molar-refractivity contribution is -0.137. The van der Waals surface area contributed by atoms with E-state index in [0.717, 1.165) is 33.3 Å². The normalized spacial score (nSPS) is 11.5. The van der Waals surface area contributed by atoms with Crippen LogP contribution < -0.4 is 11.3 Å². The van der Waals surface area contributed by atoms with Gasteiger partial charge in [0.25, 0.3) is 5.56 Å². The Morgan fingerprint density at radius 2 is 1.81 bits per heavy atom. The molecule has 0 bridgehead atoms. The first kappa shape index (κ1) is 24.6. The number of alkyl halides is 3. The van der Waals surface area contributed by atoms with Crippen molar-refractivity contribution in [1.29, 1.82) is 0 Å². The second-order valence-corrected chi connectivity index (χ2v) is 8.04. The second-order valence-electron chi connectivity index (χ2n) is 8.04. The van der Waals surface area contributed by atoms with Gasteiger partial charge in [0, 0.05) is 19.5 Å². The standard InChI is InChI=1S/C24H21F3N6O3/c25-24(26,27)17-7-4-8-18(11-17)33-22-19(12-30-33)23(36)32(15-29-22)14-21(35)31(10-9-20(28)34)13-16-5-2-1-3-6-16/h1-8,11-12,15H,9-10,13-14H2,(H2,28,34). The molecule has 4 rings (SSSR count). The molecule has 0 saturated heterocycles. The number of nitrogens with zero attached hydrogens (tertiary/aromatic N) is 5. The number of carbonyl (C=O) groups is 2. The van der Waals surface area contributed by atoms with Crippen molar-refractivity contribution in [2.24, 2.45) is 5.73 Å². The molecule has 0 aliphatic carbocycles. The molecule has 36 heavy (non-hydrogen) atoms. The summed E-state index contributed by atoms with van der Waals surface area (Å²) in [6.07, 6.45) is -2.25. The molecule has 2 heterocycles. The molecule has 2 aromatic heterocycles. The summed E-state index contributed by atoms with van der Waals surface area (Å²) in [6, 6.07) is 13.6. The van der Waals surface area contributed by atoms with Crippen LogP contribution in [0, 0.1) is 0 Å². The molecule has 0 saturated carbocycles. The average Bonchev–Trinajstić information content (AvgIpc) is 3.28. The summed E-state index contributed by atoms with van der Waals surface area (Å²) in [6.45, 7) is -0.0755. The number of hydrogen-bond acceptors (Lipinski definition) is 5. The van der Waals surface area contributed by atoms with Crippen LogP contribution in [-0.2, 0) is 28.9 Å². The van der Waals surface area contributed by atoms with Crippen molar-refractivity contribution in [3.05, 3.63) is 88.6 Å². The summed E-state index contributed by atoms with van der Waals surface area (Å²) in [4.78, 5) is 42.9. The number of fused-ring (bicyclic) bond motifs is 1. The van der Waals surface area contributed by atoms with Gasteiger partial charge in [0.15, 0.2) is 5.65 Å². The zero-order valence-electron chi connectivity index (χ0n) is 18.9. The highest BCUT2D eigenvalue weighted by Gasteiger charge is 2.30. The SMILES string of the molecule is NC(=O)CCN(Cc1ccccc1)C(=O)Cn1cnc2c(cnn2-c2cccc(C(F)(F)F)c2)c1=O. The predicted octanol–water partition coefficient (Wildman–Crippen LogP) is 2.51. The van der Waals surface area contributed by atoms with Gasteiger partial charge in [0.1, 0.15) is 18.3 Å². The van der Waals surface area contributed by atoms with Gasteiger partial charge in [-0.25, -0.2) is 9.67 Å². The first-order valence-electron chi connectivity index (χ1n) is 10.8. The first-order valence-corrected chi connectivity index (χ1v) is 10.8. The number of nitrogens with two attached hydrogens (primary N) is 1. The van der Waals surface area contributed by atoms with Gasteiger partial charge in [-0.05, 0) is 23.8 Å². The minimum absolute atomic E-state index is 0.0365. The lowest BCUT2D eigenvalue weighted by Gasteiger charge is -2.22. The summed E-state index contributed by atoms with van der Waals surface area (Å²) >= 11 is 0. The van der Waals surface area contributed by atoms with E-state index >= 15 is 0 Å². The summed E-state index contributed by atoms with van der Waals surface area (Å²) in [5.41, 5.74) is 4.77. The van der Waals surface area contributed by atoms with Gasteiger partial charge >= 0.3 is 6.18 Å². The number of carbonyl (C=O) groups excluding carboxylic acids is 2. The molecule has 0 fully saturated rings. The van der Waals surface area contributed by atoms with Crippen LogP contribution in [0.5, 0.6) is 0 Å². The van der Waals surface area contributed by atoms with Crippen molar-refractivity contribution in [2.75, 3.05) is 6.54 Å². The molecule has 2 amide bonds. The minimum Gasteiger partial charge on any atom is -0.370 e. The fourth-order valence-corrected chi connectivity index (χ4v) is 3.65. The van der Waals surface area contributed by atoms with Gasteiger partial charge in [-0.15, -0.1) is 0 Å². The summed E-state index contributed by atoms with van der Waals surface area (Å²) in [5, 5.41) is 4.07. The largest absolute Gasteiger partial charge is 0.416 e. The van der Waals surface area contributed by atoms with Crippen molar-refractivity contribution in [3.63, 3.8) is 0 Å². The average molecular weight is 498 g/mol. The minimum atomic E-state index is -4.54. The van der Waals surface area contributed by atoms with Gasteiger partial charge in [0.05, 0.1) is 17.4 Å². The van der Waals surface area contributed by atoms with E-state index in [1.807, 2.05) is 30.3 Å². The number of aromatic nitrogens is 4. The van der Waals surface area contributed by atoms with Gasteiger partial charge < -0.3 is 10.6 Å². The quantitative estimate of drug-likeness (QED) is 0.401. The molecular formula is C24H21F3N6O3. The third-order valence-corrected chi connectivity index (χ3v) is 5.48. The van der Waals surface area contributed by atoms with Crippen LogP contribution >= 0.6 is 0 Å². The van der Waals surface area contributed by atoms with E-state index in [1.54, 1.807) is 0 Å². The molecule has 0 unspecified atom stereocenters. The zero-order chi connectivity index (χ0) is 25.9. The van der Waals surface area contributed by atoms with Gasteiger partial charge in [0.2, 0.25) is 11.8 Å². The van der Waals surface area contributed by atoms with E-state index in [9.17, 15) is 27.6 Å². The fourth-order valence-electron chi connectivity index (χ4n) is 3.65. The Bertz CT molecular complexity index is 1460. The molecule has 0 spiro atoms. The number of primary amides is 1. The topological polar surface area (TPSA) is 116 Å². The highest BCUT2D eigenvalue weighted by atomic mass is 19.4. The molecule has 0 atom stereocenters. The molecular weight excluding hydrogens is 477 g/mol. The molecule has 2 aromatic carbocycles. The summed E-state index contributed by atoms with van der Waals surface area (Å²) in [5.74, 6) is -1.00. The maximum absolute atomic E-state index is 13.1. The lowest BCUT2D eigenvalue weighted by atomic mass is 10.2. The van der Waals surface area contributed by atoms with E-state index in [4.69, 9.17) is 5.73 Å². The lowest BCUT2D eigenvalue weighted by Crippen LogP contribution is -2.38. The highest BCUT2D eigenvalue weighted by molar-refractivity contribution is 5.79. The number of amides is 2. The van der Waals surface area contributed by atoms with Crippen molar-refractivity contribution < 1.29 is 22.8 Å². The van der Waals surface area contributed by atoms with Crippen molar-refractivity contribution in [1.82, 2.24) is 24.2 Å². The second kappa shape index (κ2) is 10.0. The van der Waals surface area contributed by atoms with Gasteiger partial charge in [-0.1, -0.05) is 36.4 Å². The Labute approximate surface area is 202 Å². The van der Waals surface area contributed by atoms with E-state index in [0.29, 0.717) is 0 Å². The Morgan fingerprint density at radius 1 is 1.06 bits per heavy atom. The number of rotatable bonds is 8. The van der Waals surface area contributed by atoms with E-state index in [2.05, 4.69) is 10.1 Å². The first-order chi connectivity index (χ1) is 17.1. The van der Waals surface area contributed by atoms with Crippen LogP contribution in [0.3, 0.4) is 0 Å². The number of halogens is 3. The van der Waals surface area contributed by atoms with Crippen LogP contribution in [0.1, 0.15) is 17.5 Å². The molecule has 2 N–H and O–H groups in total. The Kier molecular flexibility index (Phi) is 6.86. The predicted molar refractivity (Wildman–Crippen MR) is 124 cm³/mol. The van der Waals surface area contributed by atoms with Crippen LogP contribution in [0.2, 0.25) is 0 Å². The maximum atomic E-state index is 13.1. The molecule has 0 aliphatic heterocycles. The third-order valence-electron chi connectivity index (χ3n) is 5.48. The fraction of sp³-hybridized carbons (Fsp3) is 0.208. The summed E-state index contributed by atoms with van der Waals surface area (Å²) in [7, 11) is 0. The molecule has 9 nitrogen and oxygen atoms in total. The van der Waals surface area contributed by atoms with Crippen molar-refractivity contribution >= 4 is 22.8 Å². The summed E-state index contributed by atoms with van der Waals surface area (Å²) < 4.78 is 41.5. The van der Waals surface area contributed by atoms with Crippen LogP contribution in [0.4, 0.5) is 13.2 Å². The van der Waals surface area contributed by atoms with Crippen LogP contribution in [0.25, 0.3) is 16.7 Å². The smallest absolute Gasteiger partial charge is 0.370 e. The Hall–Kier alpha value is -4.48. The van der Waals surface area contributed by atoms with Crippen molar-refractivity contribution in [2.45, 2.75) is 25.7 Å². The number of benzene rings is 2. The van der Waals surface area contributed by atoms with Gasteiger partial charge in [-0.2, -0.15) is 18.3 Å². The van der Waals surface area contributed by atoms with Crippen molar-refractivity contribution in [3.8, 4) is 5.69 Å². The third kappa shape index (κ3) is 5.43. The van der Waals surface area contributed by atoms with Crippen LogP contribution in [-0.4, -0.2) is 42.6 Å². The monoisotopic (exact) mass is 498 g/mol. The zero-order valence-corrected chi connectivity index (χ0v) is 18.9. The van der Waals surface area contributed by atoms with E-state index in [-0.39, 0.29) is 42.8 Å². The molecule has 4 aromatic rings. The Morgan fingerprint density at radius 3 is 2.50 bits per heavy atom. The molecule has 0 aliphatic rings. The maximum Gasteiger partial charge on any atom is 0.416 e. The molecule has 186 valence electrons. The number of hydrogen-bond donors (Lipinski definition) is 1. The Balaban J connectivity index is 1.61. The van der Waals surface area contributed by atoms with E-state index < -0.39 is 29.1 Å². The van der Waals surface area contributed by atoms with Crippen LogP contribution in [0.15, 0.2) is 71.9 Å². The highest BCUT2D eigenvalue weighted by Crippen LogP contribution is 2.30.